The topological polar surface area (TPSA) is 126 Å². The lowest BCUT2D eigenvalue weighted by Crippen LogP contribution is -2.30. The van der Waals surface area contributed by atoms with Crippen molar-refractivity contribution in [3.63, 3.8) is 0 Å². The number of hydrogen-bond donors (Lipinski definition) is 3. The van der Waals surface area contributed by atoms with E-state index in [2.05, 4.69) is 15.7 Å². The van der Waals surface area contributed by atoms with Crippen LogP contribution in [0.5, 0.6) is 0 Å². The number of aromatic nitrogens is 2. The minimum absolute atomic E-state index is 0.0507. The van der Waals surface area contributed by atoms with E-state index >= 15 is 0 Å². The van der Waals surface area contributed by atoms with E-state index in [1.165, 1.54) is 22.9 Å². The molecule has 0 saturated carbocycles. The molecule has 0 spiro atoms. The molecule has 0 radical (unpaired) electrons. The number of amides is 2. The maximum atomic E-state index is 13.2. The average molecular weight is 527 g/mol. The molecule has 0 aliphatic rings. The molecule has 2 aromatic heterocycles. The van der Waals surface area contributed by atoms with Gasteiger partial charge in [0, 0.05) is 16.1 Å². The normalized spacial score (nSPS) is 11.6. The van der Waals surface area contributed by atoms with Crippen molar-refractivity contribution in [2.24, 2.45) is 0 Å². The minimum Gasteiger partial charge on any atom is -0.481 e. The number of carboxylic acid groups (broad SMARTS) is 1. The summed E-state index contributed by atoms with van der Waals surface area (Å²) in [7, 11) is 0. The second-order valence-electron chi connectivity index (χ2n) is 7.82. The smallest absolute Gasteiger partial charge is 0.305 e. The van der Waals surface area contributed by atoms with Crippen LogP contribution in [0.3, 0.4) is 0 Å². The van der Waals surface area contributed by atoms with Crippen LogP contribution in [-0.2, 0) is 4.79 Å². The number of carbonyl (C=O) groups is 3. The monoisotopic (exact) mass is 526 g/mol. The standard InChI is InChI=1S/C25H20Cl2N4O5/c1-14-7-10-21(36-14)25(35)29-22-12-20(30-31(22)16-5-3-2-4-6-16)24(34)28-19(13-23(32)33)17-9-8-15(26)11-18(17)27/h2-12,19H,13H2,1H3,(H,28,34)(H,29,35)(H,32,33). The Morgan fingerprint density at radius 1 is 1.03 bits per heavy atom. The maximum absolute atomic E-state index is 13.2. The van der Waals surface area contributed by atoms with Crippen molar-refractivity contribution in [1.82, 2.24) is 15.1 Å². The third-order valence-corrected chi connectivity index (χ3v) is 5.73. The fourth-order valence-electron chi connectivity index (χ4n) is 3.51. The Labute approximate surface area is 215 Å². The zero-order valence-electron chi connectivity index (χ0n) is 18.9. The molecule has 0 aliphatic carbocycles. The Balaban J connectivity index is 1.66. The summed E-state index contributed by atoms with van der Waals surface area (Å²) < 4.78 is 6.77. The van der Waals surface area contributed by atoms with Gasteiger partial charge in [0.05, 0.1) is 18.2 Å². The van der Waals surface area contributed by atoms with Crippen LogP contribution in [-0.4, -0.2) is 32.7 Å². The van der Waals surface area contributed by atoms with Crippen LogP contribution in [0.2, 0.25) is 10.0 Å². The van der Waals surface area contributed by atoms with Crippen LogP contribution in [0.15, 0.2) is 71.1 Å². The van der Waals surface area contributed by atoms with Gasteiger partial charge in [-0.3, -0.25) is 14.4 Å². The first-order valence-corrected chi connectivity index (χ1v) is 11.5. The van der Waals surface area contributed by atoms with Gasteiger partial charge in [0.1, 0.15) is 11.6 Å². The average Bonchev–Trinajstić information content (AvgIpc) is 3.45. The van der Waals surface area contributed by atoms with Crippen LogP contribution in [0.1, 0.15) is 44.8 Å². The molecule has 0 saturated heterocycles. The van der Waals surface area contributed by atoms with E-state index in [1.807, 2.05) is 6.07 Å². The number of carbonyl (C=O) groups excluding carboxylic acids is 2. The summed E-state index contributed by atoms with van der Waals surface area (Å²) in [5.41, 5.74) is 0.927. The molecular formula is C25H20Cl2N4O5. The van der Waals surface area contributed by atoms with Gasteiger partial charge in [0.25, 0.3) is 11.8 Å². The number of aryl methyl sites for hydroxylation is 1. The van der Waals surface area contributed by atoms with Crippen molar-refractivity contribution in [2.75, 3.05) is 5.32 Å². The number of hydrogen-bond acceptors (Lipinski definition) is 5. The minimum atomic E-state index is -1.14. The Hall–Kier alpha value is -4.08. The van der Waals surface area contributed by atoms with E-state index in [-0.39, 0.29) is 22.3 Å². The summed E-state index contributed by atoms with van der Waals surface area (Å²) in [6.45, 7) is 1.72. The van der Waals surface area contributed by atoms with E-state index in [0.29, 0.717) is 22.0 Å². The van der Waals surface area contributed by atoms with E-state index in [9.17, 15) is 19.5 Å². The lowest BCUT2D eigenvalue weighted by Gasteiger charge is -2.18. The number of halogens is 2. The van der Waals surface area contributed by atoms with E-state index in [4.69, 9.17) is 27.6 Å². The molecule has 1 unspecified atom stereocenters. The first-order valence-electron chi connectivity index (χ1n) is 10.7. The highest BCUT2D eigenvalue weighted by Gasteiger charge is 2.24. The van der Waals surface area contributed by atoms with Crippen molar-refractivity contribution in [3.8, 4) is 5.69 Å². The number of benzene rings is 2. The number of rotatable bonds is 8. The van der Waals surface area contributed by atoms with Crippen molar-refractivity contribution >= 4 is 46.8 Å². The number of anilines is 1. The predicted molar refractivity (Wildman–Crippen MR) is 134 cm³/mol. The van der Waals surface area contributed by atoms with Crippen LogP contribution in [0, 0.1) is 6.92 Å². The Kier molecular flexibility index (Phi) is 7.42. The lowest BCUT2D eigenvalue weighted by molar-refractivity contribution is -0.137. The Morgan fingerprint density at radius 2 is 1.78 bits per heavy atom. The number of nitrogens with one attached hydrogen (secondary N) is 2. The molecule has 11 heteroatoms. The van der Waals surface area contributed by atoms with Crippen molar-refractivity contribution in [3.05, 3.63) is 99.6 Å². The summed E-state index contributed by atoms with van der Waals surface area (Å²) in [6.07, 6.45) is -0.423. The van der Waals surface area contributed by atoms with Gasteiger partial charge in [0.15, 0.2) is 11.5 Å². The van der Waals surface area contributed by atoms with Gasteiger partial charge in [-0.25, -0.2) is 4.68 Å². The van der Waals surface area contributed by atoms with Crippen LogP contribution in [0.4, 0.5) is 5.82 Å². The molecule has 2 heterocycles. The van der Waals surface area contributed by atoms with Crippen molar-refractivity contribution in [1.29, 1.82) is 0 Å². The largest absolute Gasteiger partial charge is 0.481 e. The molecule has 0 aliphatic heterocycles. The summed E-state index contributed by atoms with van der Waals surface area (Å²) in [5, 5.41) is 19.7. The second-order valence-corrected chi connectivity index (χ2v) is 8.66. The number of aliphatic carboxylic acids is 1. The number of furan rings is 1. The maximum Gasteiger partial charge on any atom is 0.305 e. The van der Waals surface area contributed by atoms with Gasteiger partial charge < -0.3 is 20.2 Å². The summed E-state index contributed by atoms with van der Waals surface area (Å²) in [6, 6.07) is 17.1. The molecule has 2 amide bonds. The zero-order chi connectivity index (χ0) is 25.8. The highest BCUT2D eigenvalue weighted by atomic mass is 35.5. The summed E-state index contributed by atoms with van der Waals surface area (Å²) >= 11 is 12.2. The van der Waals surface area contributed by atoms with Crippen molar-refractivity contribution < 1.29 is 23.9 Å². The summed E-state index contributed by atoms with van der Waals surface area (Å²) in [4.78, 5) is 37.3. The highest BCUT2D eigenvalue weighted by Crippen LogP contribution is 2.29. The molecule has 4 aromatic rings. The highest BCUT2D eigenvalue weighted by molar-refractivity contribution is 6.35. The molecule has 2 aromatic carbocycles. The predicted octanol–water partition coefficient (Wildman–Crippen LogP) is 5.28. The van der Waals surface area contributed by atoms with Crippen LogP contribution < -0.4 is 10.6 Å². The third-order valence-electron chi connectivity index (χ3n) is 5.17. The first-order chi connectivity index (χ1) is 17.2. The number of para-hydroxylation sites is 1. The SMILES string of the molecule is Cc1ccc(C(=O)Nc2cc(C(=O)NC(CC(=O)O)c3ccc(Cl)cc3Cl)nn2-c2ccccc2)o1. The molecule has 0 bridgehead atoms. The Bertz CT molecular complexity index is 1430. The fourth-order valence-corrected chi connectivity index (χ4v) is 4.05. The van der Waals surface area contributed by atoms with E-state index < -0.39 is 30.2 Å². The number of carboxylic acids is 1. The van der Waals surface area contributed by atoms with E-state index in [0.717, 1.165) is 0 Å². The second kappa shape index (κ2) is 10.7. The molecule has 36 heavy (non-hydrogen) atoms. The molecule has 0 fully saturated rings. The Morgan fingerprint density at radius 3 is 2.42 bits per heavy atom. The lowest BCUT2D eigenvalue weighted by atomic mass is 10.0. The molecule has 184 valence electrons. The molecule has 3 N–H and O–H groups in total. The molecule has 4 rings (SSSR count). The number of nitrogens with zero attached hydrogens (tertiary/aromatic N) is 2. The molecule has 9 nitrogen and oxygen atoms in total. The van der Waals surface area contributed by atoms with Crippen molar-refractivity contribution in [2.45, 2.75) is 19.4 Å². The first kappa shape index (κ1) is 25.0. The van der Waals surface area contributed by atoms with Crippen LogP contribution in [0.25, 0.3) is 5.69 Å². The molecule has 1 atom stereocenters. The van der Waals surface area contributed by atoms with Gasteiger partial charge in [-0.15, -0.1) is 0 Å². The van der Waals surface area contributed by atoms with E-state index in [1.54, 1.807) is 49.4 Å². The van der Waals surface area contributed by atoms with Gasteiger partial charge in [-0.1, -0.05) is 47.5 Å². The van der Waals surface area contributed by atoms with Gasteiger partial charge in [-0.05, 0) is 48.9 Å². The quantitative estimate of drug-likeness (QED) is 0.286. The zero-order valence-corrected chi connectivity index (χ0v) is 20.4. The van der Waals surface area contributed by atoms with Crippen LogP contribution >= 0.6 is 23.2 Å². The molecular weight excluding hydrogens is 507 g/mol. The van der Waals surface area contributed by atoms with Gasteiger partial charge in [-0.2, -0.15) is 5.10 Å². The van der Waals surface area contributed by atoms with Gasteiger partial charge >= 0.3 is 5.97 Å². The summed E-state index contributed by atoms with van der Waals surface area (Å²) in [5.74, 6) is -1.44. The third kappa shape index (κ3) is 5.76. The van der Waals surface area contributed by atoms with Gasteiger partial charge in [0.2, 0.25) is 0 Å². The fraction of sp³-hybridized carbons (Fsp3) is 0.120.